The molecule has 1 heteroatoms. The van der Waals surface area contributed by atoms with Crippen molar-refractivity contribution in [2.45, 2.75) is 38.5 Å². The number of fused-ring (bicyclic) bond motifs is 6. The Kier molecular flexibility index (Phi) is 5.59. The summed E-state index contributed by atoms with van der Waals surface area (Å²) in [4.78, 5) is 2.54. The fourth-order valence-electron chi connectivity index (χ4n) is 7.93. The lowest BCUT2D eigenvalue weighted by atomic mass is 9.73. The number of para-hydroxylation sites is 2. The van der Waals surface area contributed by atoms with E-state index in [1.54, 1.807) is 0 Å². The summed E-state index contributed by atoms with van der Waals surface area (Å²) >= 11 is 0. The summed E-state index contributed by atoms with van der Waals surface area (Å²) in [7, 11) is 0. The van der Waals surface area contributed by atoms with Crippen molar-refractivity contribution >= 4 is 17.1 Å². The molecule has 0 aromatic heterocycles. The molecule has 0 saturated carbocycles. The standard InChI is InChI=1S/C42H35N/c1-41(2)33-26-16-14-24-31(33)36-35(28-18-8-5-9-19-28)37-32-25-15-17-27-34(32)42(3,4)39(37)40(38(36)41)43(29-20-10-6-11-21-29)30-22-12-7-13-23-30/h5-27H,1-4H3. The second-order valence-electron chi connectivity index (χ2n) is 12.9. The smallest absolute Gasteiger partial charge is 0.0556 e. The first-order valence-corrected chi connectivity index (χ1v) is 15.3. The molecule has 0 unspecified atom stereocenters. The number of benzene rings is 6. The van der Waals surface area contributed by atoms with Crippen LogP contribution in [0.2, 0.25) is 0 Å². The molecule has 0 fully saturated rings. The van der Waals surface area contributed by atoms with Gasteiger partial charge in [0.2, 0.25) is 0 Å². The third kappa shape index (κ3) is 3.58. The highest BCUT2D eigenvalue weighted by molar-refractivity contribution is 6.09. The van der Waals surface area contributed by atoms with Gasteiger partial charge in [0, 0.05) is 22.2 Å². The van der Waals surface area contributed by atoms with Crippen molar-refractivity contribution in [2.75, 3.05) is 4.90 Å². The second-order valence-corrected chi connectivity index (χ2v) is 12.9. The first kappa shape index (κ1) is 25.8. The maximum atomic E-state index is 2.54. The average molecular weight is 554 g/mol. The van der Waals surface area contributed by atoms with E-state index in [1.165, 1.54) is 72.7 Å². The van der Waals surface area contributed by atoms with Crippen LogP contribution in [0.4, 0.5) is 17.1 Å². The highest BCUT2D eigenvalue weighted by Gasteiger charge is 2.48. The van der Waals surface area contributed by atoms with Gasteiger partial charge in [0.1, 0.15) is 0 Å². The van der Waals surface area contributed by atoms with Crippen LogP contribution in [0.3, 0.4) is 0 Å². The summed E-state index contributed by atoms with van der Waals surface area (Å²) in [5.41, 5.74) is 16.8. The highest BCUT2D eigenvalue weighted by atomic mass is 15.2. The zero-order valence-corrected chi connectivity index (χ0v) is 25.2. The van der Waals surface area contributed by atoms with Crippen LogP contribution in [-0.2, 0) is 10.8 Å². The Morgan fingerprint density at radius 3 is 1.21 bits per heavy atom. The monoisotopic (exact) mass is 553 g/mol. The van der Waals surface area contributed by atoms with Crippen molar-refractivity contribution in [1.82, 2.24) is 0 Å². The minimum absolute atomic E-state index is 0.216. The van der Waals surface area contributed by atoms with Crippen molar-refractivity contribution in [3.63, 3.8) is 0 Å². The second kappa shape index (κ2) is 9.31. The van der Waals surface area contributed by atoms with Crippen molar-refractivity contribution in [3.05, 3.63) is 162 Å². The molecule has 6 aromatic carbocycles. The maximum absolute atomic E-state index is 2.54. The van der Waals surface area contributed by atoms with Gasteiger partial charge in [-0.15, -0.1) is 0 Å². The summed E-state index contributed by atoms with van der Waals surface area (Å²) < 4.78 is 0. The Morgan fingerprint density at radius 2 is 0.767 bits per heavy atom. The summed E-state index contributed by atoms with van der Waals surface area (Å²) in [6, 6.07) is 51.1. The first-order chi connectivity index (χ1) is 20.9. The molecule has 0 radical (unpaired) electrons. The maximum Gasteiger partial charge on any atom is 0.0556 e. The molecule has 0 N–H and O–H groups in total. The minimum Gasteiger partial charge on any atom is -0.310 e. The van der Waals surface area contributed by atoms with Crippen LogP contribution >= 0.6 is 0 Å². The van der Waals surface area contributed by atoms with E-state index in [0.29, 0.717) is 0 Å². The van der Waals surface area contributed by atoms with Gasteiger partial charge in [0.15, 0.2) is 0 Å². The van der Waals surface area contributed by atoms with E-state index < -0.39 is 0 Å². The Morgan fingerprint density at radius 1 is 0.395 bits per heavy atom. The molecular weight excluding hydrogens is 518 g/mol. The number of rotatable bonds is 4. The van der Waals surface area contributed by atoms with Crippen molar-refractivity contribution in [1.29, 1.82) is 0 Å². The normalized spacial score (nSPS) is 14.9. The van der Waals surface area contributed by atoms with Crippen LogP contribution in [0.5, 0.6) is 0 Å². The molecule has 2 aliphatic carbocycles. The van der Waals surface area contributed by atoms with Crippen molar-refractivity contribution in [3.8, 4) is 33.4 Å². The lowest BCUT2D eigenvalue weighted by Gasteiger charge is -2.38. The Hall–Kier alpha value is -4.88. The van der Waals surface area contributed by atoms with Crippen molar-refractivity contribution in [2.24, 2.45) is 0 Å². The SMILES string of the molecule is CC1(C)c2ccccc2-c2c(-c3ccccc3)c3c(c(N(c4ccccc4)c4ccccc4)c21)C(C)(C)c1ccccc1-3. The molecule has 0 spiro atoms. The zero-order chi connectivity index (χ0) is 29.3. The lowest BCUT2D eigenvalue weighted by Crippen LogP contribution is -2.26. The van der Waals surface area contributed by atoms with Gasteiger partial charge in [-0.2, -0.15) is 0 Å². The predicted molar refractivity (Wildman–Crippen MR) is 182 cm³/mol. The number of hydrogen-bond acceptors (Lipinski definition) is 1. The van der Waals surface area contributed by atoms with Gasteiger partial charge >= 0.3 is 0 Å². The van der Waals surface area contributed by atoms with E-state index in [-0.39, 0.29) is 10.8 Å². The van der Waals surface area contributed by atoms with Gasteiger partial charge in [0.05, 0.1) is 5.69 Å². The molecule has 208 valence electrons. The Bertz CT molecular complexity index is 1880. The summed E-state index contributed by atoms with van der Waals surface area (Å²) in [5, 5.41) is 0. The van der Waals surface area contributed by atoms with Crippen LogP contribution in [0.15, 0.2) is 140 Å². The minimum atomic E-state index is -0.216. The van der Waals surface area contributed by atoms with Gasteiger partial charge in [-0.3, -0.25) is 0 Å². The molecule has 8 rings (SSSR count). The van der Waals surface area contributed by atoms with Crippen LogP contribution in [0.25, 0.3) is 33.4 Å². The van der Waals surface area contributed by atoms with E-state index in [4.69, 9.17) is 0 Å². The summed E-state index contributed by atoms with van der Waals surface area (Å²) in [6.45, 7) is 9.69. The number of hydrogen-bond donors (Lipinski definition) is 0. The Labute approximate surface area is 255 Å². The summed E-state index contributed by atoms with van der Waals surface area (Å²) in [6.07, 6.45) is 0. The van der Waals surface area contributed by atoms with Gasteiger partial charge in [0.25, 0.3) is 0 Å². The molecule has 0 bridgehead atoms. The molecule has 0 amide bonds. The molecule has 0 saturated heterocycles. The molecule has 6 aromatic rings. The lowest BCUT2D eigenvalue weighted by molar-refractivity contribution is 0.640. The largest absolute Gasteiger partial charge is 0.310 e. The first-order valence-electron chi connectivity index (χ1n) is 15.3. The fraction of sp³-hybridized carbons (Fsp3) is 0.143. The van der Waals surface area contributed by atoms with Crippen LogP contribution in [-0.4, -0.2) is 0 Å². The van der Waals surface area contributed by atoms with E-state index in [2.05, 4.69) is 172 Å². The third-order valence-electron chi connectivity index (χ3n) is 9.78. The third-order valence-corrected chi connectivity index (χ3v) is 9.78. The average Bonchev–Trinajstić information content (AvgIpc) is 3.43. The fourth-order valence-corrected chi connectivity index (χ4v) is 7.93. The van der Waals surface area contributed by atoms with Gasteiger partial charge in [-0.05, 0) is 79.9 Å². The van der Waals surface area contributed by atoms with E-state index in [9.17, 15) is 0 Å². The number of nitrogens with zero attached hydrogens (tertiary/aromatic N) is 1. The van der Waals surface area contributed by atoms with Crippen LogP contribution < -0.4 is 4.90 Å². The van der Waals surface area contributed by atoms with Crippen LogP contribution in [0.1, 0.15) is 49.9 Å². The molecule has 0 aliphatic heterocycles. The molecule has 2 aliphatic rings. The van der Waals surface area contributed by atoms with E-state index in [1.807, 2.05) is 0 Å². The molecule has 1 nitrogen and oxygen atoms in total. The quantitative estimate of drug-likeness (QED) is 0.210. The highest BCUT2D eigenvalue weighted by Crippen LogP contribution is 2.65. The van der Waals surface area contributed by atoms with Gasteiger partial charge < -0.3 is 4.90 Å². The van der Waals surface area contributed by atoms with Crippen LogP contribution in [0, 0.1) is 0 Å². The van der Waals surface area contributed by atoms with E-state index in [0.717, 1.165) is 0 Å². The predicted octanol–water partition coefficient (Wildman–Crippen LogP) is 11.4. The molecule has 43 heavy (non-hydrogen) atoms. The van der Waals surface area contributed by atoms with Gasteiger partial charge in [-0.25, -0.2) is 0 Å². The molecule has 0 heterocycles. The van der Waals surface area contributed by atoms with E-state index >= 15 is 0 Å². The van der Waals surface area contributed by atoms with Crippen molar-refractivity contribution < 1.29 is 0 Å². The Balaban J connectivity index is 1.65. The van der Waals surface area contributed by atoms with Gasteiger partial charge in [-0.1, -0.05) is 143 Å². The molecule has 0 atom stereocenters. The topological polar surface area (TPSA) is 3.24 Å². The molecular formula is C42H35N. The zero-order valence-electron chi connectivity index (χ0n) is 25.2. The number of anilines is 3. The summed E-state index contributed by atoms with van der Waals surface area (Å²) in [5.74, 6) is 0.